The van der Waals surface area contributed by atoms with Crippen LogP contribution in [0.25, 0.3) is 5.57 Å². The molecule has 3 aliphatic rings. The summed E-state index contributed by atoms with van der Waals surface area (Å²) in [5, 5.41) is 3.41. The highest BCUT2D eigenvalue weighted by Crippen LogP contribution is 2.62. The Hall–Kier alpha value is -1.86. The summed E-state index contributed by atoms with van der Waals surface area (Å²) in [7, 11) is 0. The first kappa shape index (κ1) is 43.2. The van der Waals surface area contributed by atoms with E-state index in [4.69, 9.17) is 16.3 Å². The van der Waals surface area contributed by atoms with E-state index in [1.165, 1.54) is 19.3 Å². The fourth-order valence-electron chi connectivity index (χ4n) is 7.04. The Kier molecular flexibility index (Phi) is 17.8. The number of hydrogen-bond donors (Lipinski definition) is 1. The molecule has 1 aromatic rings. The molecule has 2 heterocycles. The third-order valence-electron chi connectivity index (χ3n) is 9.31. The first-order chi connectivity index (χ1) is 22.2. The van der Waals surface area contributed by atoms with Crippen LogP contribution in [0.4, 0.5) is 9.18 Å². The molecule has 2 bridgehead atoms. The number of fused-ring (bicyclic) bond motifs is 3. The number of nitrogens with one attached hydrogen (secondary N) is 1. The van der Waals surface area contributed by atoms with Crippen LogP contribution in [-0.2, 0) is 16.0 Å². The molecular formula is C39H63BrClFN2O3. The van der Waals surface area contributed by atoms with Crippen molar-refractivity contribution >= 4 is 45.1 Å². The minimum atomic E-state index is -0.874. The lowest BCUT2D eigenvalue weighted by atomic mass is 9.67. The SMILES string of the molecule is C=C(CCC)C1=C(c2cc(Cl)c(Br)c(F)c2CCC)C2(CC3CC2CN3C(=O)OC(C)(C)C)C(=O)N1.CC.CC.CCC(CC)CC. The van der Waals surface area contributed by atoms with Gasteiger partial charge in [-0.2, -0.15) is 0 Å². The molecule has 2 fully saturated rings. The van der Waals surface area contributed by atoms with Crippen molar-refractivity contribution in [1.29, 1.82) is 0 Å². The quantitative estimate of drug-likeness (QED) is 0.256. The largest absolute Gasteiger partial charge is 0.444 e. The average molecular weight is 742 g/mol. The number of carbonyl (C=O) groups is 2. The van der Waals surface area contributed by atoms with E-state index in [2.05, 4.69) is 55.5 Å². The fourth-order valence-corrected chi connectivity index (χ4v) is 7.59. The molecule has 2 amide bonds. The second-order valence-electron chi connectivity index (χ2n) is 13.3. The van der Waals surface area contributed by atoms with Crippen molar-refractivity contribution in [1.82, 2.24) is 10.2 Å². The van der Waals surface area contributed by atoms with Crippen LogP contribution in [0.15, 0.2) is 28.4 Å². The predicted molar refractivity (Wildman–Crippen MR) is 201 cm³/mol. The number of hydrogen-bond acceptors (Lipinski definition) is 3. The highest BCUT2D eigenvalue weighted by Gasteiger charge is 2.64. The Morgan fingerprint density at radius 2 is 1.70 bits per heavy atom. The Morgan fingerprint density at radius 3 is 2.13 bits per heavy atom. The maximum absolute atomic E-state index is 15.6. The lowest BCUT2D eigenvalue weighted by molar-refractivity contribution is -0.128. The standard InChI is InChI=1S/C28H35BrClFN2O3.C7H16.2C2H6/c1-7-9-15(3)24-21(19-12-20(30)22(29)23(31)18(19)10-8-2)28(25(34)32-24)13-17-11-16(28)14-33(17)26(35)36-27(4,5)6;1-4-7(5-2)6-3;2*1-2/h12,16-17H,3,7-11,13-14H2,1-2,4-6H3,(H,32,34);7H,4-6H2,1-3H3;2*1-2H3. The van der Waals surface area contributed by atoms with Gasteiger partial charge in [0.05, 0.1) is 14.9 Å². The summed E-state index contributed by atoms with van der Waals surface area (Å²) >= 11 is 9.79. The zero-order valence-corrected chi connectivity index (χ0v) is 33.7. The van der Waals surface area contributed by atoms with Crippen molar-refractivity contribution in [2.24, 2.45) is 17.3 Å². The normalized spacial score (nSPS) is 21.1. The van der Waals surface area contributed by atoms with E-state index in [0.717, 1.165) is 29.9 Å². The molecule has 47 heavy (non-hydrogen) atoms. The second-order valence-corrected chi connectivity index (χ2v) is 14.5. The summed E-state index contributed by atoms with van der Waals surface area (Å²) in [5.41, 5.74) is 2.05. The van der Waals surface area contributed by atoms with Crippen LogP contribution in [0, 0.1) is 23.1 Å². The molecule has 1 saturated heterocycles. The molecule has 4 rings (SSSR count). The molecule has 5 nitrogen and oxygen atoms in total. The van der Waals surface area contributed by atoms with E-state index >= 15 is 4.39 Å². The van der Waals surface area contributed by atoms with Crippen LogP contribution in [0.1, 0.15) is 146 Å². The van der Waals surface area contributed by atoms with Crippen LogP contribution in [0.5, 0.6) is 0 Å². The summed E-state index contributed by atoms with van der Waals surface area (Å²) in [6, 6.07) is 1.66. The molecule has 1 saturated carbocycles. The van der Waals surface area contributed by atoms with Crippen molar-refractivity contribution in [2.45, 2.75) is 153 Å². The molecule has 1 N–H and O–H groups in total. The Labute approximate surface area is 299 Å². The van der Waals surface area contributed by atoms with Gasteiger partial charge in [0.15, 0.2) is 0 Å². The van der Waals surface area contributed by atoms with E-state index in [-0.39, 0.29) is 39.3 Å². The predicted octanol–water partition coefficient (Wildman–Crippen LogP) is 12.3. The first-order valence-corrected chi connectivity index (χ1v) is 19.3. The van der Waals surface area contributed by atoms with Gasteiger partial charge in [-0.25, -0.2) is 9.18 Å². The van der Waals surface area contributed by atoms with Gasteiger partial charge in [-0.3, -0.25) is 4.79 Å². The molecule has 1 aliphatic carbocycles. The third-order valence-corrected chi connectivity index (χ3v) is 10.6. The van der Waals surface area contributed by atoms with Crippen LogP contribution >= 0.6 is 27.5 Å². The van der Waals surface area contributed by atoms with Crippen molar-refractivity contribution < 1.29 is 18.7 Å². The number of allylic oxidation sites excluding steroid dienone is 1. The van der Waals surface area contributed by atoms with Crippen LogP contribution in [0.2, 0.25) is 5.02 Å². The van der Waals surface area contributed by atoms with Gasteiger partial charge in [0.25, 0.3) is 0 Å². The number of benzene rings is 1. The molecule has 2 aliphatic heterocycles. The number of likely N-dealkylation sites (tertiary alicyclic amines) is 1. The van der Waals surface area contributed by atoms with Crippen molar-refractivity contribution in [3.05, 3.63) is 50.4 Å². The van der Waals surface area contributed by atoms with Gasteiger partial charge in [0.1, 0.15) is 11.4 Å². The Bertz CT molecular complexity index is 1250. The summed E-state index contributed by atoms with van der Waals surface area (Å²) in [6.07, 6.45) is 7.69. The van der Waals surface area contributed by atoms with Crippen LogP contribution in [-0.4, -0.2) is 35.1 Å². The van der Waals surface area contributed by atoms with E-state index in [1.807, 2.05) is 55.4 Å². The molecule has 3 unspecified atom stereocenters. The number of carbonyl (C=O) groups excluding carboxylic acids is 2. The lowest BCUT2D eigenvalue weighted by Crippen LogP contribution is -2.49. The van der Waals surface area contributed by atoms with E-state index in [1.54, 1.807) is 11.0 Å². The zero-order chi connectivity index (χ0) is 36.3. The van der Waals surface area contributed by atoms with Crippen LogP contribution in [0.3, 0.4) is 0 Å². The van der Waals surface area contributed by atoms with E-state index < -0.39 is 11.0 Å². The fraction of sp³-hybridized carbons (Fsp3) is 0.692. The Morgan fingerprint density at radius 1 is 1.13 bits per heavy atom. The number of rotatable bonds is 9. The number of nitrogens with zero attached hydrogens (tertiary/aromatic N) is 1. The van der Waals surface area contributed by atoms with Gasteiger partial charge in [0, 0.05) is 18.3 Å². The number of halogens is 3. The minimum absolute atomic E-state index is 0.0945. The van der Waals surface area contributed by atoms with Gasteiger partial charge in [0.2, 0.25) is 5.91 Å². The number of amides is 2. The molecule has 1 spiro atoms. The zero-order valence-electron chi connectivity index (χ0n) is 31.4. The maximum atomic E-state index is 15.6. The van der Waals surface area contributed by atoms with Gasteiger partial charge >= 0.3 is 6.09 Å². The topological polar surface area (TPSA) is 58.6 Å². The summed E-state index contributed by atoms with van der Waals surface area (Å²) < 4.78 is 21.5. The molecule has 1 aromatic carbocycles. The summed E-state index contributed by atoms with van der Waals surface area (Å²) in [6.45, 7) is 29.1. The average Bonchev–Trinajstić information content (AvgIpc) is 3.72. The molecule has 0 radical (unpaired) electrons. The second kappa shape index (κ2) is 19.4. The smallest absolute Gasteiger partial charge is 0.410 e. The van der Waals surface area contributed by atoms with Crippen molar-refractivity contribution in [3.63, 3.8) is 0 Å². The monoisotopic (exact) mass is 740 g/mol. The Balaban J connectivity index is 0.000000879. The summed E-state index contributed by atoms with van der Waals surface area (Å²) in [4.78, 5) is 28.5. The van der Waals surface area contributed by atoms with E-state index in [9.17, 15) is 9.59 Å². The van der Waals surface area contributed by atoms with Crippen molar-refractivity contribution in [3.8, 4) is 0 Å². The third kappa shape index (κ3) is 9.65. The van der Waals surface area contributed by atoms with Crippen molar-refractivity contribution in [2.75, 3.05) is 6.54 Å². The molecule has 0 aromatic heterocycles. The number of piperidine rings is 1. The van der Waals surface area contributed by atoms with Gasteiger partial charge in [-0.05, 0) is 103 Å². The van der Waals surface area contributed by atoms with Gasteiger partial charge < -0.3 is 15.0 Å². The first-order valence-electron chi connectivity index (χ1n) is 18.1. The van der Waals surface area contributed by atoms with Gasteiger partial charge in [-0.15, -0.1) is 0 Å². The summed E-state index contributed by atoms with van der Waals surface area (Å²) in [5.74, 6) is 0.389. The molecule has 3 atom stereocenters. The molecule has 268 valence electrons. The highest BCUT2D eigenvalue weighted by atomic mass is 79.9. The minimum Gasteiger partial charge on any atom is -0.444 e. The van der Waals surface area contributed by atoms with Crippen LogP contribution < -0.4 is 5.32 Å². The van der Waals surface area contributed by atoms with E-state index in [0.29, 0.717) is 49.1 Å². The highest BCUT2D eigenvalue weighted by molar-refractivity contribution is 9.10. The number of ether oxygens (including phenoxy) is 1. The molecular weight excluding hydrogens is 679 g/mol. The van der Waals surface area contributed by atoms with Gasteiger partial charge in [-0.1, -0.05) is 113 Å². The lowest BCUT2D eigenvalue weighted by Gasteiger charge is -2.39. The maximum Gasteiger partial charge on any atom is 0.410 e. The molecule has 8 heteroatoms.